The highest BCUT2D eigenvalue weighted by molar-refractivity contribution is 4.64. The average molecular weight is 230 g/mol. The van der Waals surface area contributed by atoms with Crippen LogP contribution in [0.25, 0.3) is 0 Å². The van der Waals surface area contributed by atoms with Gasteiger partial charge in [-0.25, -0.2) is 0 Å². The lowest BCUT2D eigenvalue weighted by Gasteiger charge is -2.21. The fourth-order valence-electron chi connectivity index (χ4n) is 1.88. The van der Waals surface area contributed by atoms with Crippen LogP contribution in [0.5, 0.6) is 0 Å². The molecule has 1 atom stereocenters. The molecule has 16 heavy (non-hydrogen) atoms. The van der Waals surface area contributed by atoms with Gasteiger partial charge in [0.15, 0.2) is 0 Å². The second-order valence-corrected chi connectivity index (χ2v) is 5.02. The highest BCUT2D eigenvalue weighted by Crippen LogP contribution is 2.14. The minimum absolute atomic E-state index is 0.676. The predicted molar refractivity (Wildman–Crippen MR) is 70.6 cm³/mol. The van der Waals surface area contributed by atoms with Crippen molar-refractivity contribution in [2.24, 2.45) is 17.6 Å². The molecule has 0 aromatic carbocycles. The van der Waals surface area contributed by atoms with Gasteiger partial charge in [0, 0.05) is 13.2 Å². The third-order valence-electron chi connectivity index (χ3n) is 2.88. The number of rotatable bonds is 10. The fraction of sp³-hybridized carbons (Fsp3) is 1.00. The maximum atomic E-state index is 5.79. The van der Waals surface area contributed by atoms with Gasteiger partial charge in [-0.15, -0.1) is 0 Å². The Labute approximate surface area is 101 Å². The zero-order valence-electron chi connectivity index (χ0n) is 11.5. The van der Waals surface area contributed by atoms with Gasteiger partial charge in [0.25, 0.3) is 0 Å². The van der Waals surface area contributed by atoms with E-state index in [2.05, 4.69) is 25.8 Å². The molecule has 2 N–H and O–H groups in total. The van der Waals surface area contributed by atoms with Crippen molar-refractivity contribution in [3.8, 4) is 0 Å². The summed E-state index contributed by atoms with van der Waals surface area (Å²) in [7, 11) is 2.15. The Morgan fingerprint density at radius 3 is 2.44 bits per heavy atom. The molecule has 0 radical (unpaired) electrons. The summed E-state index contributed by atoms with van der Waals surface area (Å²) in [6.45, 7) is 11.2. The number of ether oxygens (including phenoxy) is 1. The third-order valence-corrected chi connectivity index (χ3v) is 2.88. The van der Waals surface area contributed by atoms with E-state index >= 15 is 0 Å². The summed E-state index contributed by atoms with van der Waals surface area (Å²) >= 11 is 0. The van der Waals surface area contributed by atoms with Crippen LogP contribution in [-0.2, 0) is 4.74 Å². The van der Waals surface area contributed by atoms with E-state index in [4.69, 9.17) is 10.5 Å². The number of hydrogen-bond acceptors (Lipinski definition) is 3. The molecule has 0 fully saturated rings. The van der Waals surface area contributed by atoms with Gasteiger partial charge >= 0.3 is 0 Å². The molecule has 1 unspecified atom stereocenters. The van der Waals surface area contributed by atoms with Crippen LogP contribution < -0.4 is 5.73 Å². The average Bonchev–Trinajstić information content (AvgIpc) is 2.24. The molecule has 3 nitrogen and oxygen atoms in total. The molecule has 0 aromatic heterocycles. The maximum absolute atomic E-state index is 5.79. The minimum atomic E-state index is 0.676. The molecule has 0 rings (SSSR count). The first-order valence-electron chi connectivity index (χ1n) is 6.56. The summed E-state index contributed by atoms with van der Waals surface area (Å²) in [6.07, 6.45) is 2.45. The second kappa shape index (κ2) is 10.1. The highest BCUT2D eigenvalue weighted by atomic mass is 16.5. The van der Waals surface area contributed by atoms with Crippen molar-refractivity contribution < 1.29 is 4.74 Å². The Morgan fingerprint density at radius 1 is 1.25 bits per heavy atom. The molecule has 0 amide bonds. The summed E-state index contributed by atoms with van der Waals surface area (Å²) in [4.78, 5) is 2.33. The second-order valence-electron chi connectivity index (χ2n) is 5.02. The van der Waals surface area contributed by atoms with Crippen molar-refractivity contribution in [3.05, 3.63) is 0 Å². The van der Waals surface area contributed by atoms with Crippen LogP contribution in [0.4, 0.5) is 0 Å². The molecule has 0 saturated heterocycles. The van der Waals surface area contributed by atoms with Crippen molar-refractivity contribution in [3.63, 3.8) is 0 Å². The van der Waals surface area contributed by atoms with E-state index in [1.54, 1.807) is 0 Å². The van der Waals surface area contributed by atoms with Crippen LogP contribution in [0.1, 0.15) is 33.6 Å². The van der Waals surface area contributed by atoms with Crippen molar-refractivity contribution >= 4 is 0 Å². The standard InChI is InChI=1S/C13H30N2O/c1-5-16-9-8-15(4)7-6-13(11-14)10-12(2)3/h12-13H,5-11,14H2,1-4H3. The number of hydrogen-bond donors (Lipinski definition) is 1. The van der Waals surface area contributed by atoms with Crippen LogP contribution in [0.15, 0.2) is 0 Å². The zero-order chi connectivity index (χ0) is 12.4. The van der Waals surface area contributed by atoms with Gasteiger partial charge in [-0.3, -0.25) is 0 Å². The van der Waals surface area contributed by atoms with Crippen LogP contribution in [0.3, 0.4) is 0 Å². The number of nitrogens with zero attached hydrogens (tertiary/aromatic N) is 1. The summed E-state index contributed by atoms with van der Waals surface area (Å²) < 4.78 is 5.34. The van der Waals surface area contributed by atoms with E-state index in [-0.39, 0.29) is 0 Å². The Hall–Kier alpha value is -0.120. The SMILES string of the molecule is CCOCCN(C)CCC(CN)CC(C)C. The lowest BCUT2D eigenvalue weighted by atomic mass is 9.94. The first-order chi connectivity index (χ1) is 7.60. The number of likely N-dealkylation sites (N-methyl/N-ethyl adjacent to an activating group) is 1. The third kappa shape index (κ3) is 9.13. The minimum Gasteiger partial charge on any atom is -0.380 e. The molecule has 98 valence electrons. The van der Waals surface area contributed by atoms with Gasteiger partial charge in [0.2, 0.25) is 0 Å². The molecular weight excluding hydrogens is 200 g/mol. The van der Waals surface area contributed by atoms with E-state index in [1.807, 2.05) is 6.92 Å². The van der Waals surface area contributed by atoms with E-state index in [0.29, 0.717) is 5.92 Å². The summed E-state index contributed by atoms with van der Waals surface area (Å²) in [5.74, 6) is 1.43. The largest absolute Gasteiger partial charge is 0.380 e. The molecule has 0 aliphatic carbocycles. The van der Waals surface area contributed by atoms with Crippen molar-refractivity contribution in [1.29, 1.82) is 0 Å². The molecule has 0 aliphatic rings. The lowest BCUT2D eigenvalue weighted by molar-refractivity contribution is 0.120. The Kier molecular flexibility index (Phi) is 9.99. The van der Waals surface area contributed by atoms with E-state index in [1.165, 1.54) is 12.8 Å². The molecule has 0 bridgehead atoms. The van der Waals surface area contributed by atoms with Gasteiger partial charge in [-0.05, 0) is 51.7 Å². The van der Waals surface area contributed by atoms with E-state index in [0.717, 1.165) is 38.8 Å². The van der Waals surface area contributed by atoms with Gasteiger partial charge in [-0.2, -0.15) is 0 Å². The molecule has 0 heterocycles. The van der Waals surface area contributed by atoms with Gasteiger partial charge in [-0.1, -0.05) is 13.8 Å². The molecular formula is C13H30N2O. The van der Waals surface area contributed by atoms with Crippen LogP contribution in [0.2, 0.25) is 0 Å². The van der Waals surface area contributed by atoms with Gasteiger partial charge in [0.1, 0.15) is 0 Å². The van der Waals surface area contributed by atoms with Crippen LogP contribution >= 0.6 is 0 Å². The Balaban J connectivity index is 3.58. The van der Waals surface area contributed by atoms with Crippen molar-refractivity contribution in [1.82, 2.24) is 4.90 Å². The predicted octanol–water partition coefficient (Wildman–Crippen LogP) is 1.97. The summed E-state index contributed by atoms with van der Waals surface area (Å²) in [6, 6.07) is 0. The highest BCUT2D eigenvalue weighted by Gasteiger charge is 2.10. The summed E-state index contributed by atoms with van der Waals surface area (Å²) in [5.41, 5.74) is 5.79. The van der Waals surface area contributed by atoms with Crippen LogP contribution in [-0.4, -0.2) is 44.8 Å². The Bertz CT molecular complexity index is 151. The van der Waals surface area contributed by atoms with Gasteiger partial charge in [0.05, 0.1) is 6.61 Å². The topological polar surface area (TPSA) is 38.5 Å². The Morgan fingerprint density at radius 2 is 1.94 bits per heavy atom. The zero-order valence-corrected chi connectivity index (χ0v) is 11.5. The van der Waals surface area contributed by atoms with Gasteiger partial charge < -0.3 is 15.4 Å². The number of nitrogens with two attached hydrogens (primary N) is 1. The maximum Gasteiger partial charge on any atom is 0.0593 e. The molecule has 3 heteroatoms. The fourth-order valence-corrected chi connectivity index (χ4v) is 1.88. The molecule has 0 aliphatic heterocycles. The normalized spacial score (nSPS) is 13.7. The smallest absolute Gasteiger partial charge is 0.0593 e. The lowest BCUT2D eigenvalue weighted by Crippen LogP contribution is -2.28. The van der Waals surface area contributed by atoms with Crippen molar-refractivity contribution in [2.45, 2.75) is 33.6 Å². The van der Waals surface area contributed by atoms with Crippen LogP contribution in [0, 0.1) is 11.8 Å². The van der Waals surface area contributed by atoms with Crippen molar-refractivity contribution in [2.75, 3.05) is 39.9 Å². The summed E-state index contributed by atoms with van der Waals surface area (Å²) in [5, 5.41) is 0. The first kappa shape index (κ1) is 15.9. The first-order valence-corrected chi connectivity index (χ1v) is 6.56. The quantitative estimate of drug-likeness (QED) is 0.583. The molecule has 0 saturated carbocycles. The molecule has 0 spiro atoms. The van der Waals surface area contributed by atoms with E-state index < -0.39 is 0 Å². The van der Waals surface area contributed by atoms with E-state index in [9.17, 15) is 0 Å². The monoisotopic (exact) mass is 230 g/mol. The molecule has 0 aromatic rings.